The van der Waals surface area contributed by atoms with Crippen LogP contribution in [0, 0.1) is 0 Å². The quantitative estimate of drug-likeness (QED) is 0.848. The van der Waals surface area contributed by atoms with Crippen LogP contribution in [0.4, 0.5) is 0 Å². The van der Waals surface area contributed by atoms with E-state index in [-0.39, 0.29) is 11.8 Å². The first-order chi connectivity index (χ1) is 10.1. The van der Waals surface area contributed by atoms with Crippen LogP contribution in [0.3, 0.4) is 0 Å². The third kappa shape index (κ3) is 4.31. The summed E-state index contributed by atoms with van der Waals surface area (Å²) in [5, 5.41) is 9.46. The van der Waals surface area contributed by atoms with Gasteiger partial charge < -0.3 is 14.9 Å². The van der Waals surface area contributed by atoms with Crippen molar-refractivity contribution < 1.29 is 14.7 Å². The van der Waals surface area contributed by atoms with Gasteiger partial charge in [0.25, 0.3) is 0 Å². The minimum atomic E-state index is -0.482. The molecule has 0 aromatic heterocycles. The van der Waals surface area contributed by atoms with Crippen LogP contribution in [0.5, 0.6) is 0 Å². The van der Waals surface area contributed by atoms with Crippen molar-refractivity contribution in [1.29, 1.82) is 0 Å². The van der Waals surface area contributed by atoms with Gasteiger partial charge in [-0.2, -0.15) is 0 Å². The zero-order valence-electron chi connectivity index (χ0n) is 11.5. The van der Waals surface area contributed by atoms with Gasteiger partial charge in [0.05, 0.1) is 0 Å². The summed E-state index contributed by atoms with van der Waals surface area (Å²) in [7, 11) is 0. The molecule has 0 unspecified atom stereocenters. The van der Waals surface area contributed by atoms with Crippen molar-refractivity contribution in [2.24, 2.45) is 0 Å². The number of rotatable bonds is 3. The van der Waals surface area contributed by atoms with Gasteiger partial charge in [-0.25, -0.2) is 0 Å². The van der Waals surface area contributed by atoms with E-state index in [1.165, 1.54) is 6.08 Å². The molecule has 1 N–H and O–H groups in total. The Morgan fingerprint density at radius 3 is 2.24 bits per heavy atom. The Morgan fingerprint density at radius 2 is 1.67 bits per heavy atom. The average molecular weight is 309 g/mol. The molecule has 0 saturated carbocycles. The lowest BCUT2D eigenvalue weighted by Crippen LogP contribution is -2.50. The Balaban J connectivity index is 1.87. The predicted molar refractivity (Wildman–Crippen MR) is 80.7 cm³/mol. The lowest BCUT2D eigenvalue weighted by Gasteiger charge is -2.33. The summed E-state index contributed by atoms with van der Waals surface area (Å²) in [6, 6.07) is 7.21. The van der Waals surface area contributed by atoms with Crippen LogP contribution < -0.4 is 0 Å². The molecule has 5 nitrogen and oxygen atoms in total. The maximum Gasteiger partial charge on any atom is 0.248 e. The fourth-order valence-electron chi connectivity index (χ4n) is 2.12. The second-order valence-corrected chi connectivity index (χ2v) is 5.19. The second-order valence-electron chi connectivity index (χ2n) is 4.75. The minimum absolute atomic E-state index is 0.0824. The first-order valence-electron chi connectivity index (χ1n) is 6.71. The summed E-state index contributed by atoms with van der Waals surface area (Å²) in [6.07, 6.45) is 3.26. The Kier molecular flexibility index (Phi) is 5.36. The number of carbonyl (C=O) groups excluding carboxylic acids is 2. The van der Waals surface area contributed by atoms with Gasteiger partial charge in [0, 0.05) is 37.3 Å². The molecule has 2 amide bonds. The fraction of sp³-hybridized carbons (Fsp3) is 0.333. The summed E-state index contributed by atoms with van der Waals surface area (Å²) in [6.45, 7) is 1.40. The number of hydrogen-bond donors (Lipinski definition) is 1. The van der Waals surface area contributed by atoms with E-state index in [9.17, 15) is 9.59 Å². The SMILES string of the molecule is O=C(/C=C/c1ccc(Cl)cc1)N1CCN(C(=O)CO)CC1. The number of aliphatic hydroxyl groups excluding tert-OH is 1. The van der Waals surface area contributed by atoms with Crippen molar-refractivity contribution in [3.05, 3.63) is 40.9 Å². The zero-order chi connectivity index (χ0) is 15.2. The minimum Gasteiger partial charge on any atom is -0.387 e. The standard InChI is InChI=1S/C15H17ClN2O3/c16-13-4-1-12(2-5-13)3-6-14(20)17-7-9-18(10-8-17)15(21)11-19/h1-6,19H,7-11H2/b6-3+. The molecule has 1 aromatic rings. The molecule has 1 saturated heterocycles. The van der Waals surface area contributed by atoms with Crippen LogP contribution in [0.25, 0.3) is 6.08 Å². The smallest absolute Gasteiger partial charge is 0.248 e. The molecule has 0 bridgehead atoms. The molecule has 1 aliphatic rings. The zero-order valence-corrected chi connectivity index (χ0v) is 12.3. The number of carbonyl (C=O) groups is 2. The highest BCUT2D eigenvalue weighted by Gasteiger charge is 2.22. The van der Waals surface area contributed by atoms with Crippen molar-refractivity contribution in [2.75, 3.05) is 32.8 Å². The molecular weight excluding hydrogens is 292 g/mol. The van der Waals surface area contributed by atoms with E-state index in [4.69, 9.17) is 16.7 Å². The Labute approximate surface area is 128 Å². The summed E-state index contributed by atoms with van der Waals surface area (Å²) in [4.78, 5) is 26.6. The third-order valence-corrected chi connectivity index (χ3v) is 3.62. The van der Waals surface area contributed by atoms with Crippen molar-refractivity contribution in [1.82, 2.24) is 9.80 Å². The van der Waals surface area contributed by atoms with Crippen LogP contribution >= 0.6 is 11.6 Å². The monoisotopic (exact) mass is 308 g/mol. The number of halogens is 1. The van der Waals surface area contributed by atoms with E-state index in [2.05, 4.69) is 0 Å². The molecule has 1 heterocycles. The highest BCUT2D eigenvalue weighted by atomic mass is 35.5. The lowest BCUT2D eigenvalue weighted by molar-refractivity contribution is -0.139. The Morgan fingerprint density at radius 1 is 1.10 bits per heavy atom. The number of benzene rings is 1. The highest BCUT2D eigenvalue weighted by Crippen LogP contribution is 2.11. The van der Waals surface area contributed by atoms with E-state index in [1.54, 1.807) is 28.0 Å². The second kappa shape index (κ2) is 7.24. The van der Waals surface area contributed by atoms with Gasteiger partial charge >= 0.3 is 0 Å². The van der Waals surface area contributed by atoms with Crippen LogP contribution in [0.15, 0.2) is 30.3 Å². The maximum absolute atomic E-state index is 12.0. The van der Waals surface area contributed by atoms with Crippen molar-refractivity contribution in [2.45, 2.75) is 0 Å². The molecule has 1 fully saturated rings. The van der Waals surface area contributed by atoms with Crippen molar-refractivity contribution >= 4 is 29.5 Å². The van der Waals surface area contributed by atoms with Crippen molar-refractivity contribution in [3.63, 3.8) is 0 Å². The largest absolute Gasteiger partial charge is 0.387 e. The van der Waals surface area contributed by atoms with Crippen LogP contribution in [-0.4, -0.2) is 59.5 Å². The Bertz CT molecular complexity index is 534. The molecule has 0 spiro atoms. The molecular formula is C15H17ClN2O3. The van der Waals surface area contributed by atoms with E-state index < -0.39 is 6.61 Å². The fourth-order valence-corrected chi connectivity index (χ4v) is 2.25. The molecule has 1 aromatic carbocycles. The molecule has 21 heavy (non-hydrogen) atoms. The summed E-state index contributed by atoms with van der Waals surface area (Å²) in [5.41, 5.74) is 0.904. The van der Waals surface area contributed by atoms with Gasteiger partial charge in [-0.05, 0) is 23.8 Å². The number of piperazine rings is 1. The van der Waals surface area contributed by atoms with Crippen molar-refractivity contribution in [3.8, 4) is 0 Å². The number of hydrogen-bond acceptors (Lipinski definition) is 3. The van der Waals surface area contributed by atoms with Crippen LogP contribution in [-0.2, 0) is 9.59 Å². The van der Waals surface area contributed by atoms with Crippen LogP contribution in [0.1, 0.15) is 5.56 Å². The van der Waals surface area contributed by atoms with E-state index in [0.717, 1.165) is 5.56 Å². The average Bonchev–Trinajstić information content (AvgIpc) is 2.53. The molecule has 112 valence electrons. The number of aliphatic hydroxyl groups is 1. The van der Waals surface area contributed by atoms with E-state index in [0.29, 0.717) is 31.2 Å². The molecule has 0 radical (unpaired) electrons. The highest BCUT2D eigenvalue weighted by molar-refractivity contribution is 6.30. The van der Waals surface area contributed by atoms with Gasteiger partial charge in [0.2, 0.25) is 11.8 Å². The summed E-state index contributed by atoms with van der Waals surface area (Å²) >= 11 is 5.80. The molecule has 0 aliphatic carbocycles. The van der Waals surface area contributed by atoms with Crippen LogP contribution in [0.2, 0.25) is 5.02 Å². The predicted octanol–water partition coefficient (Wildman–Crippen LogP) is 1.02. The number of amides is 2. The van der Waals surface area contributed by atoms with Gasteiger partial charge in [-0.3, -0.25) is 9.59 Å². The lowest BCUT2D eigenvalue weighted by atomic mass is 10.2. The maximum atomic E-state index is 12.0. The first-order valence-corrected chi connectivity index (χ1v) is 7.09. The normalized spacial score (nSPS) is 15.5. The topological polar surface area (TPSA) is 60.9 Å². The van der Waals surface area contributed by atoms with Gasteiger partial charge in [-0.15, -0.1) is 0 Å². The third-order valence-electron chi connectivity index (χ3n) is 3.37. The van der Waals surface area contributed by atoms with Gasteiger partial charge in [0.15, 0.2) is 0 Å². The van der Waals surface area contributed by atoms with E-state index in [1.807, 2.05) is 12.1 Å². The van der Waals surface area contributed by atoms with Gasteiger partial charge in [-0.1, -0.05) is 23.7 Å². The van der Waals surface area contributed by atoms with E-state index >= 15 is 0 Å². The molecule has 1 aliphatic heterocycles. The first kappa shape index (κ1) is 15.5. The van der Waals surface area contributed by atoms with Gasteiger partial charge in [0.1, 0.15) is 6.61 Å². The summed E-state index contributed by atoms with van der Waals surface area (Å²) < 4.78 is 0. The molecule has 2 rings (SSSR count). The number of nitrogens with zero attached hydrogens (tertiary/aromatic N) is 2. The molecule has 0 atom stereocenters. The Hall–Kier alpha value is -1.85. The summed E-state index contributed by atoms with van der Waals surface area (Å²) in [5.74, 6) is -0.375. The molecule has 6 heteroatoms.